The van der Waals surface area contributed by atoms with E-state index < -0.39 is 19.7 Å². The highest BCUT2D eigenvalue weighted by molar-refractivity contribution is 7.94. The molecule has 10 heteroatoms. The van der Waals surface area contributed by atoms with Gasteiger partial charge in [-0.3, -0.25) is 0 Å². The molecule has 2 unspecified atom stereocenters. The van der Waals surface area contributed by atoms with E-state index in [2.05, 4.69) is 4.98 Å². The zero-order valence-electron chi connectivity index (χ0n) is 17.9. The van der Waals surface area contributed by atoms with Crippen molar-refractivity contribution in [2.45, 2.75) is 52.1 Å². The van der Waals surface area contributed by atoms with Crippen molar-refractivity contribution < 1.29 is 21.6 Å². The maximum Gasteiger partial charge on any atom is 0.233 e. The Labute approximate surface area is 192 Å². The topological polar surface area (TPSA) is 93.6 Å². The Morgan fingerprint density at radius 2 is 1.44 bits per heavy atom. The van der Waals surface area contributed by atoms with Gasteiger partial charge < -0.3 is 9.64 Å². The maximum absolute atomic E-state index is 13.5. The molecule has 1 aromatic heterocycles. The summed E-state index contributed by atoms with van der Waals surface area (Å²) in [6.45, 7) is 6.55. The van der Waals surface area contributed by atoms with Gasteiger partial charge in [-0.25, -0.2) is 21.8 Å². The van der Waals surface area contributed by atoms with Crippen molar-refractivity contribution in [3.8, 4) is 0 Å². The predicted octanol–water partition coefficient (Wildman–Crippen LogP) is 3.73. The summed E-state index contributed by atoms with van der Waals surface area (Å²) in [7, 11) is -8.01. The van der Waals surface area contributed by atoms with Gasteiger partial charge in [-0.15, -0.1) is 0 Å². The number of nitrogens with zero attached hydrogens (tertiary/aromatic N) is 2. The van der Waals surface area contributed by atoms with E-state index in [1.165, 1.54) is 24.3 Å². The first kappa shape index (κ1) is 22.9. The Kier molecular flexibility index (Phi) is 6.15. The third-order valence-electron chi connectivity index (χ3n) is 5.14. The molecule has 1 aliphatic heterocycles. The van der Waals surface area contributed by atoms with Gasteiger partial charge in [0.05, 0.1) is 22.0 Å². The monoisotopic (exact) mass is 492 g/mol. The van der Waals surface area contributed by atoms with Gasteiger partial charge in [0, 0.05) is 13.1 Å². The molecule has 170 valence electrons. The molecule has 0 radical (unpaired) electrons. The van der Waals surface area contributed by atoms with Gasteiger partial charge in [-0.05, 0) is 45.0 Å². The largest absolute Gasteiger partial charge is 0.372 e. The molecule has 32 heavy (non-hydrogen) atoms. The van der Waals surface area contributed by atoms with Crippen LogP contribution in [0.4, 0.5) is 5.00 Å². The van der Waals surface area contributed by atoms with Crippen LogP contribution in [0.25, 0.3) is 0 Å². The second-order valence-electron chi connectivity index (χ2n) is 7.89. The van der Waals surface area contributed by atoms with E-state index in [0.29, 0.717) is 18.1 Å². The number of hydrogen-bond donors (Lipinski definition) is 0. The number of aromatic nitrogens is 1. The number of aryl methyl sites for hydroxylation is 1. The van der Waals surface area contributed by atoms with E-state index in [1.54, 1.807) is 30.3 Å². The summed E-state index contributed by atoms with van der Waals surface area (Å²) in [6.07, 6.45) is -0.269. The molecule has 3 aromatic rings. The van der Waals surface area contributed by atoms with Crippen LogP contribution < -0.4 is 4.90 Å². The quantitative estimate of drug-likeness (QED) is 0.536. The lowest BCUT2D eigenvalue weighted by molar-refractivity contribution is -0.00517. The number of anilines is 1. The standard InChI is InChI=1S/C22H24N2O5S3/c1-15-9-11-19(12-10-15)31(25,26)20-21(24-13-16(2)29-17(3)14-24)30-22(23-20)32(27,28)18-7-5-4-6-8-18/h4-12,16-17H,13-14H2,1-3H3. The van der Waals surface area contributed by atoms with Crippen molar-refractivity contribution in [2.24, 2.45) is 0 Å². The van der Waals surface area contributed by atoms with E-state index >= 15 is 0 Å². The number of morpholine rings is 1. The molecule has 7 nitrogen and oxygen atoms in total. The molecule has 2 atom stereocenters. The lowest BCUT2D eigenvalue weighted by Gasteiger charge is -2.36. The van der Waals surface area contributed by atoms with E-state index in [1.807, 2.05) is 25.7 Å². The lowest BCUT2D eigenvalue weighted by atomic mass is 10.2. The number of ether oxygens (including phenoxy) is 1. The van der Waals surface area contributed by atoms with Crippen LogP contribution in [0.5, 0.6) is 0 Å². The van der Waals surface area contributed by atoms with Crippen molar-refractivity contribution in [3.63, 3.8) is 0 Å². The fraction of sp³-hybridized carbons (Fsp3) is 0.318. The third-order valence-corrected chi connectivity index (χ3v) is 10.2. The maximum atomic E-state index is 13.5. The zero-order chi connectivity index (χ0) is 23.1. The molecule has 2 heterocycles. The predicted molar refractivity (Wildman–Crippen MR) is 123 cm³/mol. The second-order valence-corrected chi connectivity index (χ2v) is 12.9. The fourth-order valence-corrected chi connectivity index (χ4v) is 8.11. The molecule has 1 aliphatic rings. The smallest absolute Gasteiger partial charge is 0.233 e. The first-order valence-corrected chi connectivity index (χ1v) is 13.9. The van der Waals surface area contributed by atoms with E-state index in [9.17, 15) is 16.8 Å². The minimum Gasteiger partial charge on any atom is -0.372 e. The molecule has 0 saturated carbocycles. The van der Waals surface area contributed by atoms with Crippen LogP contribution in [-0.2, 0) is 24.4 Å². The average molecular weight is 493 g/mol. The summed E-state index contributed by atoms with van der Waals surface area (Å²) in [6, 6.07) is 14.4. The molecular weight excluding hydrogens is 468 g/mol. The van der Waals surface area contributed by atoms with Crippen LogP contribution in [0.1, 0.15) is 19.4 Å². The second kappa shape index (κ2) is 8.58. The van der Waals surface area contributed by atoms with E-state index in [4.69, 9.17) is 4.74 Å². The summed E-state index contributed by atoms with van der Waals surface area (Å²) < 4.78 is 59.1. The minimum absolute atomic E-state index is 0.0725. The van der Waals surface area contributed by atoms with Gasteiger partial charge in [0.15, 0.2) is 5.03 Å². The SMILES string of the molecule is Cc1ccc(S(=O)(=O)c2nc(S(=O)(=O)c3ccccc3)sc2N2CC(C)OC(C)C2)cc1. The van der Waals surface area contributed by atoms with Gasteiger partial charge in [0.25, 0.3) is 0 Å². The number of sulfone groups is 2. The van der Waals surface area contributed by atoms with Crippen LogP contribution in [0.2, 0.25) is 0 Å². The van der Waals surface area contributed by atoms with Crippen molar-refractivity contribution >= 4 is 36.0 Å². The average Bonchev–Trinajstić information content (AvgIpc) is 3.21. The molecule has 4 rings (SSSR count). The van der Waals surface area contributed by atoms with Crippen LogP contribution in [-0.4, -0.2) is 47.1 Å². The van der Waals surface area contributed by atoms with Crippen molar-refractivity contribution in [1.29, 1.82) is 0 Å². The third kappa shape index (κ3) is 4.32. The Morgan fingerprint density at radius 1 is 0.875 bits per heavy atom. The lowest BCUT2D eigenvalue weighted by Crippen LogP contribution is -2.45. The van der Waals surface area contributed by atoms with Crippen molar-refractivity contribution in [2.75, 3.05) is 18.0 Å². The van der Waals surface area contributed by atoms with Crippen LogP contribution in [0.3, 0.4) is 0 Å². The van der Waals surface area contributed by atoms with Crippen molar-refractivity contribution in [3.05, 3.63) is 60.2 Å². The minimum atomic E-state index is -4.04. The highest BCUT2D eigenvalue weighted by atomic mass is 32.2. The molecule has 0 spiro atoms. The Bertz CT molecular complexity index is 1310. The molecular formula is C22H24N2O5S3. The molecule has 0 aliphatic carbocycles. The normalized spacial score (nSPS) is 19.8. The number of hydrogen-bond acceptors (Lipinski definition) is 8. The number of thiazole rings is 1. The van der Waals surface area contributed by atoms with E-state index in [-0.39, 0.29) is 31.4 Å². The Balaban J connectivity index is 1.89. The van der Waals surface area contributed by atoms with Gasteiger partial charge in [-0.2, -0.15) is 0 Å². The summed E-state index contributed by atoms with van der Waals surface area (Å²) in [5.41, 5.74) is 0.922. The zero-order valence-corrected chi connectivity index (χ0v) is 20.4. The molecule has 0 N–H and O–H groups in total. The molecule has 1 saturated heterocycles. The highest BCUT2D eigenvalue weighted by Crippen LogP contribution is 2.40. The molecule has 1 fully saturated rings. The van der Waals surface area contributed by atoms with Crippen molar-refractivity contribution in [1.82, 2.24) is 4.98 Å². The van der Waals surface area contributed by atoms with Crippen LogP contribution in [0, 0.1) is 6.92 Å². The highest BCUT2D eigenvalue weighted by Gasteiger charge is 2.35. The fourth-order valence-electron chi connectivity index (χ4n) is 3.64. The first-order chi connectivity index (χ1) is 15.1. The van der Waals surface area contributed by atoms with Gasteiger partial charge in [0.2, 0.25) is 24.0 Å². The molecule has 2 aromatic carbocycles. The molecule has 0 amide bonds. The van der Waals surface area contributed by atoms with E-state index in [0.717, 1.165) is 16.9 Å². The summed E-state index contributed by atoms with van der Waals surface area (Å²) in [4.78, 5) is 6.23. The summed E-state index contributed by atoms with van der Waals surface area (Å²) in [5.74, 6) is 0. The number of benzene rings is 2. The van der Waals surface area contributed by atoms with Gasteiger partial charge in [0.1, 0.15) is 5.00 Å². The van der Waals surface area contributed by atoms with Gasteiger partial charge in [-0.1, -0.05) is 47.2 Å². The molecule has 0 bridgehead atoms. The first-order valence-electron chi connectivity index (χ1n) is 10.1. The Hall–Kier alpha value is -2.27. The summed E-state index contributed by atoms with van der Waals surface area (Å²) >= 11 is 0.889. The Morgan fingerprint density at radius 3 is 2.03 bits per heavy atom. The number of rotatable bonds is 5. The van der Waals surface area contributed by atoms with Crippen LogP contribution in [0.15, 0.2) is 73.8 Å². The van der Waals surface area contributed by atoms with Crippen LogP contribution >= 0.6 is 11.3 Å². The summed E-state index contributed by atoms with van der Waals surface area (Å²) in [5, 5.41) is 0.0873. The van der Waals surface area contributed by atoms with Gasteiger partial charge >= 0.3 is 0 Å².